The van der Waals surface area contributed by atoms with E-state index in [0.717, 1.165) is 12.1 Å². The molecule has 0 saturated carbocycles. The first-order chi connectivity index (χ1) is 10.1. The highest BCUT2D eigenvalue weighted by Gasteiger charge is 2.05. The normalized spacial score (nSPS) is 10.5. The Labute approximate surface area is 133 Å². The van der Waals surface area contributed by atoms with Crippen LogP contribution < -0.4 is 10.1 Å². The highest BCUT2D eigenvalue weighted by atomic mass is 35.5. The lowest BCUT2D eigenvalue weighted by Crippen LogP contribution is -2.02. The Morgan fingerprint density at radius 3 is 2.67 bits per heavy atom. The number of benzene rings is 2. The van der Waals surface area contributed by atoms with Gasteiger partial charge in [-0.05, 0) is 42.8 Å². The van der Waals surface area contributed by atoms with Crippen LogP contribution in [0.5, 0.6) is 5.75 Å². The van der Waals surface area contributed by atoms with Crippen LogP contribution in [0.1, 0.15) is 18.9 Å². The summed E-state index contributed by atoms with van der Waals surface area (Å²) in [6.45, 7) is 2.99. The van der Waals surface area contributed by atoms with E-state index in [2.05, 4.69) is 5.32 Å². The van der Waals surface area contributed by atoms with Crippen molar-refractivity contribution in [3.05, 3.63) is 57.8 Å². The van der Waals surface area contributed by atoms with E-state index in [1.807, 2.05) is 13.0 Å². The maximum atomic E-state index is 13.6. The fraction of sp³-hybridized carbons (Fsp3) is 0.250. The molecule has 1 N–H and O–H groups in total. The average molecular weight is 328 g/mol. The molecule has 0 bridgehead atoms. The molecule has 0 amide bonds. The Balaban J connectivity index is 2.03. The highest BCUT2D eigenvalue weighted by Crippen LogP contribution is 2.28. The molecule has 112 valence electrons. The van der Waals surface area contributed by atoms with E-state index in [1.54, 1.807) is 18.2 Å². The predicted molar refractivity (Wildman–Crippen MR) is 86.0 cm³/mol. The highest BCUT2D eigenvalue weighted by molar-refractivity contribution is 6.32. The minimum absolute atomic E-state index is 0.291. The Hall–Kier alpha value is -1.45. The summed E-state index contributed by atoms with van der Waals surface area (Å²) >= 11 is 12.0. The van der Waals surface area contributed by atoms with Gasteiger partial charge in [0.05, 0.1) is 11.6 Å². The summed E-state index contributed by atoms with van der Waals surface area (Å²) in [5.41, 5.74) is 1.30. The van der Waals surface area contributed by atoms with E-state index in [-0.39, 0.29) is 5.82 Å². The second-order valence-electron chi connectivity index (χ2n) is 4.58. The van der Waals surface area contributed by atoms with Crippen LogP contribution in [-0.2, 0) is 6.54 Å². The quantitative estimate of drug-likeness (QED) is 0.752. The second kappa shape index (κ2) is 7.53. The van der Waals surface area contributed by atoms with Crippen LogP contribution in [0.2, 0.25) is 10.0 Å². The predicted octanol–water partition coefficient (Wildman–Crippen LogP) is 5.53. The number of rotatable bonds is 6. The zero-order valence-electron chi connectivity index (χ0n) is 11.6. The van der Waals surface area contributed by atoms with Crippen molar-refractivity contribution in [2.24, 2.45) is 0 Å². The molecule has 2 rings (SSSR count). The van der Waals surface area contributed by atoms with Gasteiger partial charge in [-0.25, -0.2) is 4.39 Å². The molecule has 2 aromatic carbocycles. The summed E-state index contributed by atoms with van der Waals surface area (Å²) in [7, 11) is 0. The summed E-state index contributed by atoms with van der Waals surface area (Å²) in [6.07, 6.45) is 0.921. The second-order valence-corrected chi connectivity index (χ2v) is 5.43. The third-order valence-corrected chi connectivity index (χ3v) is 3.41. The van der Waals surface area contributed by atoms with Crippen LogP contribution in [0, 0.1) is 5.82 Å². The lowest BCUT2D eigenvalue weighted by molar-refractivity contribution is 0.317. The van der Waals surface area contributed by atoms with Crippen LogP contribution in [0.15, 0.2) is 36.4 Å². The Morgan fingerprint density at radius 1 is 1.14 bits per heavy atom. The Bertz CT molecular complexity index is 619. The summed E-state index contributed by atoms with van der Waals surface area (Å²) in [6, 6.07) is 9.89. The van der Waals surface area contributed by atoms with Crippen LogP contribution in [0.3, 0.4) is 0 Å². The fourth-order valence-electron chi connectivity index (χ4n) is 1.82. The summed E-state index contributed by atoms with van der Waals surface area (Å²) in [5, 5.41) is 4.15. The number of nitrogens with one attached hydrogen (secondary N) is 1. The van der Waals surface area contributed by atoms with Crippen molar-refractivity contribution in [3.8, 4) is 5.75 Å². The summed E-state index contributed by atoms with van der Waals surface area (Å²) in [4.78, 5) is 0. The van der Waals surface area contributed by atoms with Gasteiger partial charge in [0.15, 0.2) is 0 Å². The maximum absolute atomic E-state index is 13.6. The molecule has 0 fully saturated rings. The van der Waals surface area contributed by atoms with Gasteiger partial charge in [-0.2, -0.15) is 0 Å². The molecule has 0 aliphatic carbocycles. The first-order valence-electron chi connectivity index (χ1n) is 6.70. The largest absolute Gasteiger partial charge is 0.492 e. The van der Waals surface area contributed by atoms with E-state index in [4.69, 9.17) is 27.9 Å². The van der Waals surface area contributed by atoms with Gasteiger partial charge in [0.1, 0.15) is 11.6 Å². The third kappa shape index (κ3) is 4.51. The van der Waals surface area contributed by atoms with Crippen molar-refractivity contribution < 1.29 is 9.13 Å². The summed E-state index contributed by atoms with van der Waals surface area (Å²) < 4.78 is 19.1. The first kappa shape index (κ1) is 15.9. The molecule has 0 aliphatic heterocycles. The molecule has 2 aromatic rings. The minimum Gasteiger partial charge on any atom is -0.492 e. The molecule has 0 spiro atoms. The van der Waals surface area contributed by atoms with Gasteiger partial charge >= 0.3 is 0 Å². The molecule has 0 heterocycles. The van der Waals surface area contributed by atoms with E-state index in [1.165, 1.54) is 12.1 Å². The van der Waals surface area contributed by atoms with E-state index in [9.17, 15) is 4.39 Å². The van der Waals surface area contributed by atoms with Crippen molar-refractivity contribution in [1.82, 2.24) is 0 Å². The lowest BCUT2D eigenvalue weighted by atomic mass is 10.2. The Morgan fingerprint density at radius 2 is 1.95 bits per heavy atom. The molecule has 0 radical (unpaired) electrons. The van der Waals surface area contributed by atoms with Crippen LogP contribution in [0.4, 0.5) is 10.1 Å². The number of ether oxygens (including phenoxy) is 1. The van der Waals surface area contributed by atoms with Gasteiger partial charge in [-0.15, -0.1) is 0 Å². The summed E-state index contributed by atoms with van der Waals surface area (Å²) in [5.74, 6) is 0.360. The molecular formula is C16H16Cl2FNO. The van der Waals surface area contributed by atoms with E-state index < -0.39 is 0 Å². The molecule has 0 saturated heterocycles. The number of anilines is 1. The third-order valence-electron chi connectivity index (χ3n) is 2.88. The number of halogens is 3. The van der Waals surface area contributed by atoms with Crippen molar-refractivity contribution in [1.29, 1.82) is 0 Å². The fourth-order valence-corrected chi connectivity index (χ4v) is 2.25. The van der Waals surface area contributed by atoms with Gasteiger partial charge in [0.2, 0.25) is 0 Å². The van der Waals surface area contributed by atoms with Gasteiger partial charge in [0, 0.05) is 22.8 Å². The molecule has 5 heteroatoms. The smallest absolute Gasteiger partial charge is 0.138 e. The SMILES string of the molecule is CCCOc1ccc(NCc2cc(Cl)ccc2F)cc1Cl. The molecule has 2 nitrogen and oxygen atoms in total. The van der Waals surface area contributed by atoms with Gasteiger partial charge in [-0.3, -0.25) is 0 Å². The monoisotopic (exact) mass is 327 g/mol. The van der Waals surface area contributed by atoms with Crippen molar-refractivity contribution in [2.75, 3.05) is 11.9 Å². The van der Waals surface area contributed by atoms with Crippen LogP contribution in [-0.4, -0.2) is 6.61 Å². The van der Waals surface area contributed by atoms with E-state index in [0.29, 0.717) is 34.5 Å². The first-order valence-corrected chi connectivity index (χ1v) is 7.46. The zero-order valence-corrected chi connectivity index (χ0v) is 13.1. The van der Waals surface area contributed by atoms with Crippen LogP contribution >= 0.6 is 23.2 Å². The van der Waals surface area contributed by atoms with Crippen molar-refractivity contribution in [3.63, 3.8) is 0 Å². The molecule has 0 aromatic heterocycles. The molecular weight excluding hydrogens is 312 g/mol. The van der Waals surface area contributed by atoms with Crippen molar-refractivity contribution in [2.45, 2.75) is 19.9 Å². The Kier molecular flexibility index (Phi) is 5.71. The van der Waals surface area contributed by atoms with E-state index >= 15 is 0 Å². The van der Waals surface area contributed by atoms with Gasteiger partial charge in [0.25, 0.3) is 0 Å². The topological polar surface area (TPSA) is 21.3 Å². The average Bonchev–Trinajstić information content (AvgIpc) is 2.47. The standard InChI is InChI=1S/C16H16Cl2FNO/c1-2-7-21-16-6-4-13(9-14(16)18)20-10-11-8-12(17)3-5-15(11)19/h3-6,8-9,20H,2,7,10H2,1H3. The number of hydrogen-bond acceptors (Lipinski definition) is 2. The molecule has 0 unspecified atom stereocenters. The lowest BCUT2D eigenvalue weighted by Gasteiger charge is -2.11. The van der Waals surface area contributed by atoms with Gasteiger partial charge < -0.3 is 10.1 Å². The minimum atomic E-state index is -0.291. The van der Waals surface area contributed by atoms with Crippen molar-refractivity contribution >= 4 is 28.9 Å². The van der Waals surface area contributed by atoms with Crippen LogP contribution in [0.25, 0.3) is 0 Å². The number of hydrogen-bond donors (Lipinski definition) is 1. The molecule has 0 aliphatic rings. The molecule has 21 heavy (non-hydrogen) atoms. The maximum Gasteiger partial charge on any atom is 0.138 e. The zero-order chi connectivity index (χ0) is 15.2. The van der Waals surface area contributed by atoms with Gasteiger partial charge in [-0.1, -0.05) is 30.1 Å². The molecule has 0 atom stereocenters.